The van der Waals surface area contributed by atoms with Crippen LogP contribution in [0.2, 0.25) is 5.02 Å². The van der Waals surface area contributed by atoms with Gasteiger partial charge in [0.05, 0.1) is 5.02 Å². The maximum absolute atomic E-state index is 9.76. The summed E-state index contributed by atoms with van der Waals surface area (Å²) in [6, 6.07) is 5.15. The van der Waals surface area contributed by atoms with E-state index in [2.05, 4.69) is 0 Å². The highest BCUT2D eigenvalue weighted by molar-refractivity contribution is 6.33. The Morgan fingerprint density at radius 3 is 1.79 bits per heavy atom. The second kappa shape index (κ2) is 4.78. The second-order valence-electron chi connectivity index (χ2n) is 4.98. The topological polar surface area (TPSA) is 40.5 Å². The molecule has 0 saturated carbocycles. The highest BCUT2D eigenvalue weighted by Crippen LogP contribution is 2.40. The number of aryl methyl sites for hydroxylation is 3. The van der Waals surface area contributed by atoms with E-state index in [0.29, 0.717) is 5.02 Å². The van der Waals surface area contributed by atoms with E-state index in [1.54, 1.807) is 18.2 Å². The third-order valence-electron chi connectivity index (χ3n) is 3.44. The van der Waals surface area contributed by atoms with E-state index in [-0.39, 0.29) is 11.5 Å². The maximum Gasteiger partial charge on any atom is 0.134 e. The molecule has 0 aliphatic rings. The Morgan fingerprint density at radius 2 is 1.26 bits per heavy atom. The van der Waals surface area contributed by atoms with Gasteiger partial charge in [0, 0.05) is 0 Å². The lowest BCUT2D eigenvalue weighted by molar-refractivity contribution is 0.473. The molecule has 0 spiro atoms. The molecular formula is C16H17ClO2. The monoisotopic (exact) mass is 276 g/mol. The highest BCUT2D eigenvalue weighted by atomic mass is 35.5. The third kappa shape index (κ3) is 2.28. The number of phenols is 2. The lowest BCUT2D eigenvalue weighted by Crippen LogP contribution is -1.95. The van der Waals surface area contributed by atoms with E-state index in [1.807, 2.05) is 27.7 Å². The molecule has 3 heteroatoms. The first-order valence-corrected chi connectivity index (χ1v) is 6.50. The summed E-state index contributed by atoms with van der Waals surface area (Å²) in [6.45, 7) is 7.77. The number of hydrogen-bond donors (Lipinski definition) is 2. The minimum Gasteiger partial charge on any atom is -0.508 e. The van der Waals surface area contributed by atoms with Gasteiger partial charge in [0.25, 0.3) is 0 Å². The minimum absolute atomic E-state index is 0.106. The van der Waals surface area contributed by atoms with Crippen LogP contribution < -0.4 is 0 Å². The van der Waals surface area contributed by atoms with E-state index in [1.165, 1.54) is 0 Å². The van der Waals surface area contributed by atoms with Gasteiger partial charge < -0.3 is 10.2 Å². The molecule has 0 saturated heterocycles. The van der Waals surface area contributed by atoms with Crippen molar-refractivity contribution in [3.8, 4) is 22.6 Å². The Kier molecular flexibility index (Phi) is 3.46. The van der Waals surface area contributed by atoms with Crippen LogP contribution in [0.5, 0.6) is 11.5 Å². The summed E-state index contributed by atoms with van der Waals surface area (Å²) in [6.07, 6.45) is 0. The molecule has 19 heavy (non-hydrogen) atoms. The van der Waals surface area contributed by atoms with Crippen LogP contribution in [-0.4, -0.2) is 10.2 Å². The molecule has 0 aliphatic carbocycles. The van der Waals surface area contributed by atoms with Crippen LogP contribution in [0.3, 0.4) is 0 Å². The molecule has 0 radical (unpaired) electrons. The van der Waals surface area contributed by atoms with Gasteiger partial charge in [-0.05, 0) is 79.3 Å². The smallest absolute Gasteiger partial charge is 0.134 e. The third-order valence-corrected chi connectivity index (χ3v) is 3.92. The zero-order chi connectivity index (χ0) is 14.3. The summed E-state index contributed by atoms with van der Waals surface area (Å²) in [5.41, 5.74) is 5.90. The largest absolute Gasteiger partial charge is 0.508 e. The van der Waals surface area contributed by atoms with Crippen LogP contribution in [0.15, 0.2) is 18.2 Å². The molecule has 2 aromatic carbocycles. The van der Waals surface area contributed by atoms with Crippen molar-refractivity contribution in [3.05, 3.63) is 45.5 Å². The van der Waals surface area contributed by atoms with Gasteiger partial charge in [0.2, 0.25) is 0 Å². The molecule has 0 bridgehead atoms. The number of rotatable bonds is 1. The van der Waals surface area contributed by atoms with E-state index in [0.717, 1.165) is 33.4 Å². The first-order chi connectivity index (χ1) is 8.82. The fourth-order valence-corrected chi connectivity index (χ4v) is 2.81. The molecule has 0 heterocycles. The van der Waals surface area contributed by atoms with Crippen molar-refractivity contribution in [2.24, 2.45) is 0 Å². The normalized spacial score (nSPS) is 10.8. The molecule has 2 aromatic rings. The molecule has 0 unspecified atom stereocenters. The molecule has 0 aromatic heterocycles. The van der Waals surface area contributed by atoms with E-state index in [9.17, 15) is 10.2 Å². The van der Waals surface area contributed by atoms with Gasteiger partial charge in [0.1, 0.15) is 11.5 Å². The van der Waals surface area contributed by atoms with E-state index >= 15 is 0 Å². The lowest BCUT2D eigenvalue weighted by Gasteiger charge is -2.17. The summed E-state index contributed by atoms with van der Waals surface area (Å²) in [4.78, 5) is 0. The second-order valence-corrected chi connectivity index (χ2v) is 5.36. The Labute approximate surface area is 118 Å². The van der Waals surface area contributed by atoms with Gasteiger partial charge in [-0.25, -0.2) is 0 Å². The van der Waals surface area contributed by atoms with Gasteiger partial charge in [-0.1, -0.05) is 11.6 Å². The maximum atomic E-state index is 9.76. The zero-order valence-electron chi connectivity index (χ0n) is 11.5. The Balaban J connectivity index is 2.84. The van der Waals surface area contributed by atoms with Gasteiger partial charge in [-0.3, -0.25) is 0 Å². The molecule has 2 N–H and O–H groups in total. The first kappa shape index (κ1) is 13.8. The molecule has 100 valence electrons. The van der Waals surface area contributed by atoms with Crippen LogP contribution in [0.1, 0.15) is 22.3 Å². The molecule has 0 aliphatic heterocycles. The Bertz CT molecular complexity index is 637. The van der Waals surface area contributed by atoms with Crippen LogP contribution >= 0.6 is 11.6 Å². The fraction of sp³-hybridized carbons (Fsp3) is 0.250. The van der Waals surface area contributed by atoms with Gasteiger partial charge in [-0.2, -0.15) is 0 Å². The Morgan fingerprint density at radius 1 is 0.789 bits per heavy atom. The fourth-order valence-electron chi connectivity index (χ4n) is 2.66. The van der Waals surface area contributed by atoms with Gasteiger partial charge in [-0.15, -0.1) is 0 Å². The number of aromatic hydroxyl groups is 2. The van der Waals surface area contributed by atoms with Crippen molar-refractivity contribution in [3.63, 3.8) is 0 Å². The summed E-state index contributed by atoms with van der Waals surface area (Å²) < 4.78 is 0. The Hall–Kier alpha value is -1.67. The van der Waals surface area contributed by atoms with Crippen LogP contribution in [0, 0.1) is 27.7 Å². The van der Waals surface area contributed by atoms with Crippen molar-refractivity contribution in [2.75, 3.05) is 0 Å². The van der Waals surface area contributed by atoms with Crippen LogP contribution in [0.25, 0.3) is 11.1 Å². The molecule has 0 atom stereocenters. The van der Waals surface area contributed by atoms with Crippen molar-refractivity contribution < 1.29 is 10.2 Å². The zero-order valence-corrected chi connectivity index (χ0v) is 12.3. The summed E-state index contributed by atoms with van der Waals surface area (Å²) in [5, 5.41) is 19.8. The molecule has 0 fully saturated rings. The first-order valence-electron chi connectivity index (χ1n) is 6.12. The molecule has 2 rings (SSSR count). The predicted molar refractivity (Wildman–Crippen MR) is 79.2 cm³/mol. The van der Waals surface area contributed by atoms with Crippen LogP contribution in [-0.2, 0) is 0 Å². The molecule has 2 nitrogen and oxygen atoms in total. The van der Waals surface area contributed by atoms with Crippen molar-refractivity contribution in [2.45, 2.75) is 27.7 Å². The number of benzene rings is 2. The van der Waals surface area contributed by atoms with Crippen molar-refractivity contribution in [1.29, 1.82) is 0 Å². The summed E-state index contributed by atoms with van der Waals surface area (Å²) >= 11 is 6.14. The molecular weight excluding hydrogens is 260 g/mol. The summed E-state index contributed by atoms with van der Waals surface area (Å²) in [5.74, 6) is 0.369. The minimum atomic E-state index is 0.106. The summed E-state index contributed by atoms with van der Waals surface area (Å²) in [7, 11) is 0. The van der Waals surface area contributed by atoms with Crippen molar-refractivity contribution in [1.82, 2.24) is 0 Å². The average Bonchev–Trinajstić information content (AvgIpc) is 2.29. The van der Waals surface area contributed by atoms with Crippen LogP contribution in [0.4, 0.5) is 0 Å². The standard InChI is InChI=1S/C16H17ClO2/c1-8-5-12(18)6-9(2)14(8)15-10(3)7-13(19)16(17)11(15)4/h5-7,18-19H,1-4H3. The van der Waals surface area contributed by atoms with E-state index < -0.39 is 0 Å². The molecule has 0 amide bonds. The highest BCUT2D eigenvalue weighted by Gasteiger charge is 2.16. The van der Waals surface area contributed by atoms with Gasteiger partial charge in [0.15, 0.2) is 0 Å². The predicted octanol–water partition coefficient (Wildman–Crippen LogP) is 4.65. The van der Waals surface area contributed by atoms with Gasteiger partial charge >= 0.3 is 0 Å². The quantitative estimate of drug-likeness (QED) is 0.796. The SMILES string of the molecule is Cc1cc(O)cc(C)c1-c1c(C)cc(O)c(Cl)c1C. The average molecular weight is 277 g/mol. The van der Waals surface area contributed by atoms with Crippen molar-refractivity contribution >= 4 is 11.6 Å². The number of halogens is 1. The number of hydrogen-bond acceptors (Lipinski definition) is 2. The lowest BCUT2D eigenvalue weighted by atomic mass is 9.89. The number of phenolic OH excluding ortho intramolecular Hbond substituents is 2. The van der Waals surface area contributed by atoms with E-state index in [4.69, 9.17) is 11.6 Å².